The highest BCUT2D eigenvalue weighted by atomic mass is 32.1. The minimum absolute atomic E-state index is 0.00820. The van der Waals surface area contributed by atoms with Crippen molar-refractivity contribution in [2.45, 2.75) is 138 Å². The van der Waals surface area contributed by atoms with E-state index in [4.69, 9.17) is 9.47 Å². The predicted molar refractivity (Wildman–Crippen MR) is 190 cm³/mol. The van der Waals surface area contributed by atoms with E-state index in [-0.39, 0.29) is 54.3 Å². The summed E-state index contributed by atoms with van der Waals surface area (Å²) in [5.74, 6) is -16.8. The summed E-state index contributed by atoms with van der Waals surface area (Å²) in [6, 6.07) is 0. The number of halogens is 6. The summed E-state index contributed by atoms with van der Waals surface area (Å²) in [6.07, 6.45) is 4.05. The smallest absolute Gasteiger partial charge is 0.380 e. The highest BCUT2D eigenvalue weighted by molar-refractivity contribution is 7.14. The quantitative estimate of drug-likeness (QED) is 0.199. The number of hydrogen-bond donors (Lipinski definition) is 0. The standard InChI is InChI=1S/C39H50F6O4S2/c1-17(2)25-13-11-19(5)15-27(25)48-35(46)33-21(7)29(23(9)50-33)31-32(38(42,43)39(44,45)37(31,40)41)30-22(8)34(51-24(30)10)36(47)49-28-16-20(6)12-14-26(28)18(3)4/h17-20,25-28H,11-16H2,1-10H3/t19-,20-,25+,26+,27-,28-/m1/s1. The van der Waals surface area contributed by atoms with Crippen LogP contribution in [0.15, 0.2) is 0 Å². The SMILES string of the molecule is Cc1sc(C(=O)O[C@@H]2C[C@H](C)CC[C@H]2C(C)C)c(C)c1C1=C(c2c(C)sc(C(=O)O[C@@H]3C[C@H](C)CC[C@H]3C(C)C)c2C)C(F)(F)C(F)(F)C1(F)F. The molecular formula is C39H50F6O4S2. The lowest BCUT2D eigenvalue weighted by Crippen LogP contribution is -2.49. The van der Waals surface area contributed by atoms with Crippen molar-refractivity contribution in [1.29, 1.82) is 0 Å². The number of esters is 2. The van der Waals surface area contributed by atoms with E-state index < -0.39 is 64.2 Å². The van der Waals surface area contributed by atoms with Crippen LogP contribution < -0.4 is 0 Å². The molecule has 2 aromatic heterocycles. The van der Waals surface area contributed by atoms with Gasteiger partial charge >= 0.3 is 29.7 Å². The molecule has 2 aromatic rings. The van der Waals surface area contributed by atoms with Crippen LogP contribution in [0.25, 0.3) is 11.1 Å². The van der Waals surface area contributed by atoms with Crippen molar-refractivity contribution >= 4 is 45.8 Å². The molecule has 2 fully saturated rings. The minimum Gasteiger partial charge on any atom is -0.458 e. The molecule has 51 heavy (non-hydrogen) atoms. The molecule has 284 valence electrons. The van der Waals surface area contributed by atoms with E-state index in [2.05, 4.69) is 13.8 Å². The number of allylic oxidation sites excluding steroid dienone is 2. The lowest BCUT2D eigenvalue weighted by Gasteiger charge is -2.36. The van der Waals surface area contributed by atoms with Gasteiger partial charge in [-0.3, -0.25) is 0 Å². The largest absolute Gasteiger partial charge is 0.458 e. The zero-order chi connectivity index (χ0) is 38.1. The first kappa shape index (κ1) is 39.9. The van der Waals surface area contributed by atoms with Crippen molar-refractivity contribution in [3.63, 3.8) is 0 Å². The van der Waals surface area contributed by atoms with Crippen LogP contribution in [-0.2, 0) is 9.47 Å². The fourth-order valence-corrected chi connectivity index (χ4v) is 10.8. The van der Waals surface area contributed by atoms with Crippen LogP contribution in [0.5, 0.6) is 0 Å². The number of alkyl halides is 6. The van der Waals surface area contributed by atoms with E-state index in [0.717, 1.165) is 48.4 Å². The molecule has 4 nitrogen and oxygen atoms in total. The van der Waals surface area contributed by atoms with Gasteiger partial charge in [0.25, 0.3) is 0 Å². The molecule has 6 atom stereocenters. The Balaban J connectivity index is 1.61. The first-order valence-corrected chi connectivity index (χ1v) is 19.7. The molecule has 0 aliphatic heterocycles. The number of carbonyl (C=O) groups excluding carboxylic acids is 2. The van der Waals surface area contributed by atoms with Gasteiger partial charge in [0.2, 0.25) is 0 Å². The third kappa shape index (κ3) is 6.71. The first-order chi connectivity index (χ1) is 23.5. The summed E-state index contributed by atoms with van der Waals surface area (Å²) in [6.45, 7) is 17.6. The van der Waals surface area contributed by atoms with Crippen LogP contribution in [0.4, 0.5) is 26.3 Å². The molecule has 5 rings (SSSR count). The maximum atomic E-state index is 16.0. The van der Waals surface area contributed by atoms with Gasteiger partial charge in [0.15, 0.2) is 0 Å². The van der Waals surface area contributed by atoms with Crippen molar-refractivity contribution in [1.82, 2.24) is 0 Å². The summed E-state index contributed by atoms with van der Waals surface area (Å²) >= 11 is 1.54. The average molecular weight is 761 g/mol. The second kappa shape index (κ2) is 14.1. The highest BCUT2D eigenvalue weighted by Gasteiger charge is 2.80. The number of rotatable bonds is 8. The van der Waals surface area contributed by atoms with Crippen LogP contribution in [0.2, 0.25) is 0 Å². The van der Waals surface area contributed by atoms with Crippen LogP contribution in [0, 0.1) is 63.2 Å². The van der Waals surface area contributed by atoms with Gasteiger partial charge in [-0.15, -0.1) is 22.7 Å². The van der Waals surface area contributed by atoms with Crippen molar-refractivity contribution < 1.29 is 45.4 Å². The molecule has 0 unspecified atom stereocenters. The molecule has 12 heteroatoms. The lowest BCUT2D eigenvalue weighted by molar-refractivity contribution is -0.254. The van der Waals surface area contributed by atoms with Crippen molar-refractivity contribution in [2.75, 3.05) is 0 Å². The second-order valence-electron chi connectivity index (χ2n) is 16.0. The van der Waals surface area contributed by atoms with E-state index >= 15 is 26.3 Å². The van der Waals surface area contributed by atoms with Crippen molar-refractivity contribution in [3.05, 3.63) is 41.8 Å². The van der Waals surface area contributed by atoms with Gasteiger partial charge in [-0.25, -0.2) is 9.59 Å². The zero-order valence-electron chi connectivity index (χ0n) is 31.1. The second-order valence-corrected chi connectivity index (χ2v) is 18.4. The number of ether oxygens (including phenoxy) is 2. The van der Waals surface area contributed by atoms with Gasteiger partial charge in [-0.1, -0.05) is 54.4 Å². The first-order valence-electron chi connectivity index (χ1n) is 18.1. The molecule has 0 bridgehead atoms. The van der Waals surface area contributed by atoms with Gasteiger partial charge in [-0.05, 0) is 100 Å². The van der Waals surface area contributed by atoms with Crippen molar-refractivity contribution in [2.24, 2.45) is 35.5 Å². The van der Waals surface area contributed by atoms with E-state index in [1.807, 2.05) is 27.7 Å². The maximum Gasteiger partial charge on any atom is 0.380 e. The molecule has 0 spiro atoms. The van der Waals surface area contributed by atoms with E-state index in [0.29, 0.717) is 24.7 Å². The Morgan fingerprint density at radius 1 is 0.627 bits per heavy atom. The Morgan fingerprint density at radius 3 is 1.27 bits per heavy atom. The Bertz CT molecular complexity index is 1580. The summed E-state index contributed by atoms with van der Waals surface area (Å²) in [7, 11) is 0. The third-order valence-corrected chi connectivity index (χ3v) is 14.0. The molecular weight excluding hydrogens is 711 g/mol. The normalized spacial score (nSPS) is 28.8. The fourth-order valence-electron chi connectivity index (χ4n) is 8.70. The van der Waals surface area contributed by atoms with Crippen LogP contribution in [0.3, 0.4) is 0 Å². The van der Waals surface area contributed by atoms with Gasteiger partial charge < -0.3 is 9.47 Å². The van der Waals surface area contributed by atoms with Crippen LogP contribution >= 0.6 is 22.7 Å². The number of thiophene rings is 2. The summed E-state index contributed by atoms with van der Waals surface area (Å²) < 4.78 is 107. The van der Waals surface area contributed by atoms with Gasteiger partial charge in [-0.2, -0.15) is 26.3 Å². The molecule has 2 saturated carbocycles. The fraction of sp³-hybridized carbons (Fsp3) is 0.692. The van der Waals surface area contributed by atoms with Gasteiger partial charge in [0.1, 0.15) is 22.0 Å². The van der Waals surface area contributed by atoms with Crippen molar-refractivity contribution in [3.8, 4) is 0 Å². The Kier molecular flexibility index (Phi) is 11.1. The van der Waals surface area contributed by atoms with Gasteiger partial charge in [0, 0.05) is 32.0 Å². The van der Waals surface area contributed by atoms with E-state index in [9.17, 15) is 9.59 Å². The summed E-state index contributed by atoms with van der Waals surface area (Å²) in [5.41, 5.74) is -4.34. The molecule has 0 saturated heterocycles. The molecule has 0 aromatic carbocycles. The maximum absolute atomic E-state index is 16.0. The molecule has 3 aliphatic carbocycles. The molecule has 3 aliphatic rings. The van der Waals surface area contributed by atoms with E-state index in [1.54, 1.807) is 0 Å². The summed E-state index contributed by atoms with van der Waals surface area (Å²) in [4.78, 5) is 27.1. The molecule has 0 radical (unpaired) electrons. The Hall–Kier alpha value is -2.34. The molecule has 0 N–H and O–H groups in total. The Morgan fingerprint density at radius 2 is 0.961 bits per heavy atom. The Labute approximate surface area is 305 Å². The number of hydrogen-bond acceptors (Lipinski definition) is 6. The van der Waals surface area contributed by atoms with Crippen LogP contribution in [0.1, 0.15) is 131 Å². The predicted octanol–water partition coefficient (Wildman–Crippen LogP) is 12.1. The zero-order valence-corrected chi connectivity index (χ0v) is 32.7. The lowest BCUT2D eigenvalue weighted by atomic mass is 9.75. The van der Waals surface area contributed by atoms with E-state index in [1.165, 1.54) is 27.7 Å². The average Bonchev–Trinajstić information content (AvgIpc) is 3.51. The highest BCUT2D eigenvalue weighted by Crippen LogP contribution is 2.66. The topological polar surface area (TPSA) is 52.6 Å². The number of aryl methyl sites for hydroxylation is 2. The summed E-state index contributed by atoms with van der Waals surface area (Å²) in [5, 5.41) is 0. The van der Waals surface area contributed by atoms with Crippen LogP contribution in [-0.4, -0.2) is 41.9 Å². The third-order valence-electron chi connectivity index (χ3n) is 11.6. The monoisotopic (exact) mass is 760 g/mol. The molecule has 2 heterocycles. The molecule has 0 amide bonds. The minimum atomic E-state index is -5.79. The van der Waals surface area contributed by atoms with Gasteiger partial charge in [0.05, 0.1) is 0 Å². The number of carbonyl (C=O) groups is 2.